The van der Waals surface area contributed by atoms with E-state index in [-0.39, 0.29) is 5.56 Å². The summed E-state index contributed by atoms with van der Waals surface area (Å²) in [7, 11) is 0. The van der Waals surface area contributed by atoms with Crippen LogP contribution in [-0.4, -0.2) is 16.6 Å². The maximum Gasteiger partial charge on any atom is 0.261 e. The molecule has 4 nitrogen and oxygen atoms in total. The number of carbonyl (C=O) groups is 1. The van der Waals surface area contributed by atoms with Crippen LogP contribution in [0.5, 0.6) is 0 Å². The average Bonchev–Trinajstić information content (AvgIpc) is 2.07. The van der Waals surface area contributed by atoms with Crippen LogP contribution in [0.25, 0.3) is 0 Å². The second-order valence-electron chi connectivity index (χ2n) is 3.37. The summed E-state index contributed by atoms with van der Waals surface area (Å²) in [6, 6.07) is 2.66. The number of alkyl halides is 1. The van der Waals surface area contributed by atoms with Gasteiger partial charge in [0, 0.05) is 12.3 Å². The Kier molecular flexibility index (Phi) is 2.69. The lowest BCUT2D eigenvalue weighted by Crippen LogP contribution is -2.32. The Labute approximate surface area is 80.1 Å². The Bertz CT molecular complexity index is 372. The van der Waals surface area contributed by atoms with Crippen LogP contribution < -0.4 is 10.9 Å². The first kappa shape index (κ1) is 10.4. The van der Waals surface area contributed by atoms with Crippen LogP contribution in [-0.2, 0) is 4.79 Å². The topological polar surface area (TPSA) is 62.0 Å². The lowest BCUT2D eigenvalue weighted by atomic mass is 10.1. The SMILES string of the molecule is CC(C)(F)C(=O)Nc1ccc(=O)[nH]c1. The molecule has 0 aliphatic carbocycles. The van der Waals surface area contributed by atoms with Crippen LogP contribution in [0.1, 0.15) is 13.8 Å². The molecule has 1 rings (SSSR count). The third-order valence-electron chi connectivity index (χ3n) is 1.58. The van der Waals surface area contributed by atoms with Gasteiger partial charge in [-0.3, -0.25) is 9.59 Å². The zero-order valence-corrected chi connectivity index (χ0v) is 7.93. The Morgan fingerprint density at radius 3 is 2.57 bits per heavy atom. The molecule has 0 aliphatic rings. The van der Waals surface area contributed by atoms with Gasteiger partial charge in [0.1, 0.15) is 0 Å². The molecule has 0 spiro atoms. The molecule has 2 N–H and O–H groups in total. The van der Waals surface area contributed by atoms with E-state index in [0.29, 0.717) is 5.69 Å². The summed E-state index contributed by atoms with van der Waals surface area (Å²) in [5.74, 6) is -0.746. The van der Waals surface area contributed by atoms with Crippen molar-refractivity contribution in [1.82, 2.24) is 4.98 Å². The van der Waals surface area contributed by atoms with Crippen molar-refractivity contribution >= 4 is 11.6 Å². The lowest BCUT2D eigenvalue weighted by molar-refractivity contribution is -0.125. The molecule has 0 aromatic carbocycles. The van der Waals surface area contributed by atoms with Crippen molar-refractivity contribution < 1.29 is 9.18 Å². The molecule has 1 aromatic heterocycles. The van der Waals surface area contributed by atoms with Crippen molar-refractivity contribution in [3.8, 4) is 0 Å². The number of amides is 1. The normalized spacial score (nSPS) is 11.1. The zero-order chi connectivity index (χ0) is 10.8. The van der Waals surface area contributed by atoms with Crippen LogP contribution in [0.2, 0.25) is 0 Å². The number of carbonyl (C=O) groups excluding carboxylic acids is 1. The van der Waals surface area contributed by atoms with Gasteiger partial charge in [-0.15, -0.1) is 0 Å². The first-order valence-corrected chi connectivity index (χ1v) is 4.09. The maximum atomic E-state index is 13.1. The van der Waals surface area contributed by atoms with Gasteiger partial charge in [-0.05, 0) is 19.9 Å². The summed E-state index contributed by atoms with van der Waals surface area (Å²) >= 11 is 0. The Hall–Kier alpha value is -1.65. The van der Waals surface area contributed by atoms with Crippen molar-refractivity contribution in [2.75, 3.05) is 5.32 Å². The van der Waals surface area contributed by atoms with E-state index in [1.807, 2.05) is 0 Å². The van der Waals surface area contributed by atoms with Crippen molar-refractivity contribution in [2.45, 2.75) is 19.5 Å². The Balaban J connectivity index is 2.75. The summed E-state index contributed by atoms with van der Waals surface area (Å²) in [5.41, 5.74) is -1.85. The van der Waals surface area contributed by atoms with Crippen LogP contribution in [0.15, 0.2) is 23.1 Å². The van der Waals surface area contributed by atoms with E-state index in [2.05, 4.69) is 10.3 Å². The molecule has 0 atom stereocenters. The molecule has 0 radical (unpaired) electrons. The van der Waals surface area contributed by atoms with Crippen LogP contribution in [0.4, 0.5) is 10.1 Å². The molecule has 0 aliphatic heterocycles. The minimum atomic E-state index is -1.93. The van der Waals surface area contributed by atoms with Crippen LogP contribution in [0, 0.1) is 0 Å². The first-order chi connectivity index (χ1) is 6.39. The fraction of sp³-hybridized carbons (Fsp3) is 0.333. The van der Waals surface area contributed by atoms with Crippen molar-refractivity contribution in [3.63, 3.8) is 0 Å². The zero-order valence-electron chi connectivity index (χ0n) is 7.93. The summed E-state index contributed by atoms with van der Waals surface area (Å²) in [4.78, 5) is 24.2. The van der Waals surface area contributed by atoms with Gasteiger partial charge in [-0.25, -0.2) is 4.39 Å². The van der Waals surface area contributed by atoms with E-state index in [9.17, 15) is 14.0 Å². The number of rotatable bonds is 2. The van der Waals surface area contributed by atoms with Crippen LogP contribution >= 0.6 is 0 Å². The predicted octanol–water partition coefficient (Wildman–Crippen LogP) is 1.06. The highest BCUT2D eigenvalue weighted by Crippen LogP contribution is 2.11. The van der Waals surface area contributed by atoms with Gasteiger partial charge >= 0.3 is 0 Å². The molecule has 0 fully saturated rings. The number of hydrogen-bond donors (Lipinski definition) is 2. The van der Waals surface area contributed by atoms with Gasteiger partial charge < -0.3 is 10.3 Å². The highest BCUT2D eigenvalue weighted by molar-refractivity contribution is 5.96. The van der Waals surface area contributed by atoms with E-state index in [0.717, 1.165) is 13.8 Å². The second-order valence-corrected chi connectivity index (χ2v) is 3.37. The minimum Gasteiger partial charge on any atom is -0.327 e. The molecule has 1 amide bonds. The number of hydrogen-bond acceptors (Lipinski definition) is 2. The van der Waals surface area contributed by atoms with E-state index in [4.69, 9.17) is 0 Å². The van der Waals surface area contributed by atoms with Gasteiger partial charge in [0.25, 0.3) is 5.91 Å². The van der Waals surface area contributed by atoms with E-state index < -0.39 is 11.6 Å². The fourth-order valence-electron chi connectivity index (χ4n) is 0.768. The number of nitrogens with one attached hydrogen (secondary N) is 2. The smallest absolute Gasteiger partial charge is 0.261 e. The summed E-state index contributed by atoms with van der Waals surface area (Å²) < 4.78 is 13.1. The molecular weight excluding hydrogens is 187 g/mol. The second kappa shape index (κ2) is 3.61. The molecule has 14 heavy (non-hydrogen) atoms. The standard InChI is InChI=1S/C9H11FN2O2/c1-9(2,10)8(14)12-6-3-4-7(13)11-5-6/h3-5H,1-2H3,(H,11,13)(H,12,14). The van der Waals surface area contributed by atoms with E-state index >= 15 is 0 Å². The third-order valence-corrected chi connectivity index (χ3v) is 1.58. The van der Waals surface area contributed by atoms with Crippen molar-refractivity contribution in [3.05, 3.63) is 28.7 Å². The molecular formula is C9H11FN2O2. The molecule has 0 saturated heterocycles. The molecule has 76 valence electrons. The molecule has 1 aromatic rings. The minimum absolute atomic E-state index is 0.275. The number of aromatic amines is 1. The monoisotopic (exact) mass is 198 g/mol. The van der Waals surface area contributed by atoms with Gasteiger partial charge in [0.2, 0.25) is 5.56 Å². The molecule has 5 heteroatoms. The van der Waals surface area contributed by atoms with Gasteiger partial charge in [0.05, 0.1) is 5.69 Å². The number of anilines is 1. The number of pyridine rings is 1. The van der Waals surface area contributed by atoms with E-state index in [1.54, 1.807) is 0 Å². The van der Waals surface area contributed by atoms with Crippen molar-refractivity contribution in [2.24, 2.45) is 0 Å². The molecule has 0 bridgehead atoms. The largest absolute Gasteiger partial charge is 0.327 e. The lowest BCUT2D eigenvalue weighted by Gasteiger charge is -2.13. The first-order valence-electron chi connectivity index (χ1n) is 4.09. The molecule has 0 unspecified atom stereocenters. The van der Waals surface area contributed by atoms with Gasteiger partial charge in [0.15, 0.2) is 5.67 Å². The quantitative estimate of drug-likeness (QED) is 0.746. The highest BCUT2D eigenvalue weighted by Gasteiger charge is 2.26. The highest BCUT2D eigenvalue weighted by atomic mass is 19.1. The number of aromatic nitrogens is 1. The number of halogens is 1. The van der Waals surface area contributed by atoms with Crippen LogP contribution in [0.3, 0.4) is 0 Å². The Morgan fingerprint density at radius 2 is 2.14 bits per heavy atom. The summed E-state index contributed by atoms with van der Waals surface area (Å²) in [6.07, 6.45) is 1.31. The van der Waals surface area contributed by atoms with Gasteiger partial charge in [-0.1, -0.05) is 0 Å². The van der Waals surface area contributed by atoms with Gasteiger partial charge in [-0.2, -0.15) is 0 Å². The van der Waals surface area contributed by atoms with Crippen molar-refractivity contribution in [1.29, 1.82) is 0 Å². The number of H-pyrrole nitrogens is 1. The Morgan fingerprint density at radius 1 is 1.50 bits per heavy atom. The van der Waals surface area contributed by atoms with E-state index in [1.165, 1.54) is 18.3 Å². The molecule has 0 saturated carbocycles. The third kappa shape index (κ3) is 2.69. The predicted molar refractivity (Wildman–Crippen MR) is 50.9 cm³/mol. The fourth-order valence-corrected chi connectivity index (χ4v) is 0.768. The summed E-state index contributed by atoms with van der Waals surface area (Å²) in [5, 5.41) is 2.33. The maximum absolute atomic E-state index is 13.1. The summed E-state index contributed by atoms with van der Waals surface area (Å²) in [6.45, 7) is 2.32. The molecule has 1 heterocycles. The average molecular weight is 198 g/mol.